The van der Waals surface area contributed by atoms with Crippen LogP contribution in [0.3, 0.4) is 0 Å². The number of hydrazine groups is 1. The Labute approximate surface area is 105 Å². The van der Waals surface area contributed by atoms with E-state index >= 15 is 0 Å². The molecule has 0 bridgehead atoms. The minimum absolute atomic E-state index is 0.236. The van der Waals surface area contributed by atoms with Gasteiger partial charge >= 0.3 is 6.09 Å². The van der Waals surface area contributed by atoms with E-state index in [2.05, 4.69) is 15.7 Å². The van der Waals surface area contributed by atoms with Crippen molar-refractivity contribution in [3.8, 4) is 0 Å². The van der Waals surface area contributed by atoms with Crippen LogP contribution >= 0.6 is 0 Å². The number of aromatic nitrogens is 1. The maximum Gasteiger partial charge on any atom is 0.414 e. The van der Waals surface area contributed by atoms with Gasteiger partial charge in [-0.25, -0.2) is 15.6 Å². The SMILES string of the molecule is CC(C)(C)OC(=O)NC(=O)c1ccc(NN)nc1. The molecule has 98 valence electrons. The Bertz CT molecular complexity index is 437. The van der Waals surface area contributed by atoms with E-state index in [-0.39, 0.29) is 5.56 Å². The first-order valence-corrected chi connectivity index (χ1v) is 5.29. The van der Waals surface area contributed by atoms with E-state index in [0.29, 0.717) is 5.82 Å². The molecule has 18 heavy (non-hydrogen) atoms. The largest absolute Gasteiger partial charge is 0.444 e. The lowest BCUT2D eigenvalue weighted by atomic mass is 10.2. The summed E-state index contributed by atoms with van der Waals surface area (Å²) in [7, 11) is 0. The van der Waals surface area contributed by atoms with E-state index in [1.807, 2.05) is 0 Å². The number of nitrogens with zero attached hydrogens (tertiary/aromatic N) is 1. The summed E-state index contributed by atoms with van der Waals surface area (Å²) >= 11 is 0. The summed E-state index contributed by atoms with van der Waals surface area (Å²) in [6.07, 6.45) is 0.503. The molecule has 0 atom stereocenters. The number of pyridine rings is 1. The topological polar surface area (TPSA) is 106 Å². The van der Waals surface area contributed by atoms with Gasteiger partial charge < -0.3 is 10.2 Å². The van der Waals surface area contributed by atoms with Crippen LogP contribution in [0.25, 0.3) is 0 Å². The van der Waals surface area contributed by atoms with Crippen molar-refractivity contribution < 1.29 is 14.3 Å². The van der Waals surface area contributed by atoms with Gasteiger partial charge in [0.15, 0.2) is 0 Å². The predicted molar refractivity (Wildman–Crippen MR) is 65.7 cm³/mol. The lowest BCUT2D eigenvalue weighted by Gasteiger charge is -2.19. The van der Waals surface area contributed by atoms with Crippen LogP contribution in [0.2, 0.25) is 0 Å². The lowest BCUT2D eigenvalue weighted by Crippen LogP contribution is -2.36. The maximum absolute atomic E-state index is 11.6. The number of anilines is 1. The molecule has 0 unspecified atom stereocenters. The van der Waals surface area contributed by atoms with Crippen molar-refractivity contribution in [1.29, 1.82) is 0 Å². The highest BCUT2D eigenvalue weighted by molar-refractivity contribution is 6.02. The molecule has 0 aliphatic carbocycles. The lowest BCUT2D eigenvalue weighted by molar-refractivity contribution is 0.0508. The fourth-order valence-corrected chi connectivity index (χ4v) is 1.08. The summed E-state index contributed by atoms with van der Waals surface area (Å²) in [5, 5.41) is 2.10. The van der Waals surface area contributed by atoms with Crippen molar-refractivity contribution in [2.75, 3.05) is 5.43 Å². The summed E-state index contributed by atoms with van der Waals surface area (Å²) in [5.74, 6) is 4.98. The first-order chi connectivity index (χ1) is 8.31. The highest BCUT2D eigenvalue weighted by Gasteiger charge is 2.18. The van der Waals surface area contributed by atoms with Gasteiger partial charge in [-0.05, 0) is 32.9 Å². The molecule has 0 aromatic carbocycles. The van der Waals surface area contributed by atoms with E-state index in [1.165, 1.54) is 18.3 Å². The molecule has 0 aliphatic rings. The number of carbonyl (C=O) groups is 2. The van der Waals surface area contributed by atoms with Gasteiger partial charge in [0.05, 0.1) is 5.56 Å². The van der Waals surface area contributed by atoms with Crippen molar-refractivity contribution >= 4 is 17.8 Å². The summed E-state index contributed by atoms with van der Waals surface area (Å²) in [5.41, 5.74) is 1.91. The Morgan fingerprint density at radius 1 is 1.33 bits per heavy atom. The second kappa shape index (κ2) is 5.46. The summed E-state index contributed by atoms with van der Waals surface area (Å²) in [6, 6.07) is 3.01. The number of hydrogen-bond donors (Lipinski definition) is 3. The molecule has 1 aromatic rings. The third-order valence-corrected chi connectivity index (χ3v) is 1.79. The number of amides is 2. The zero-order valence-electron chi connectivity index (χ0n) is 10.5. The van der Waals surface area contributed by atoms with Gasteiger partial charge in [0, 0.05) is 6.20 Å². The molecule has 0 fully saturated rings. The number of rotatable bonds is 2. The molecule has 0 aliphatic heterocycles. The van der Waals surface area contributed by atoms with Crippen molar-refractivity contribution in [2.24, 2.45) is 5.84 Å². The molecule has 0 saturated carbocycles. The fraction of sp³-hybridized carbons (Fsp3) is 0.364. The number of nitrogen functional groups attached to an aromatic ring is 1. The van der Waals surface area contributed by atoms with Crippen LogP contribution in [-0.2, 0) is 4.74 Å². The Kier molecular flexibility index (Phi) is 4.22. The van der Waals surface area contributed by atoms with Crippen LogP contribution in [0.1, 0.15) is 31.1 Å². The second-order valence-electron chi connectivity index (χ2n) is 4.53. The number of hydrogen-bond acceptors (Lipinski definition) is 6. The van der Waals surface area contributed by atoms with E-state index < -0.39 is 17.6 Å². The fourth-order valence-electron chi connectivity index (χ4n) is 1.08. The van der Waals surface area contributed by atoms with Crippen LogP contribution in [-0.4, -0.2) is 22.6 Å². The summed E-state index contributed by atoms with van der Waals surface area (Å²) in [4.78, 5) is 26.8. The molecule has 4 N–H and O–H groups in total. The first kappa shape index (κ1) is 13.9. The van der Waals surface area contributed by atoms with Crippen molar-refractivity contribution in [2.45, 2.75) is 26.4 Å². The van der Waals surface area contributed by atoms with Gasteiger partial charge in [-0.1, -0.05) is 0 Å². The maximum atomic E-state index is 11.6. The number of carbonyl (C=O) groups excluding carboxylic acids is 2. The first-order valence-electron chi connectivity index (χ1n) is 5.29. The quantitative estimate of drug-likeness (QED) is 0.536. The van der Waals surface area contributed by atoms with Gasteiger partial charge in [0.25, 0.3) is 5.91 Å². The Morgan fingerprint density at radius 3 is 2.44 bits per heavy atom. The van der Waals surface area contributed by atoms with E-state index in [0.717, 1.165) is 0 Å². The molecule has 1 heterocycles. The number of imide groups is 1. The highest BCUT2D eigenvalue weighted by atomic mass is 16.6. The number of ether oxygens (including phenoxy) is 1. The van der Waals surface area contributed by atoms with E-state index in [1.54, 1.807) is 20.8 Å². The molecule has 7 heteroatoms. The number of alkyl carbamates (subject to hydrolysis) is 1. The van der Waals surface area contributed by atoms with Crippen LogP contribution in [0.5, 0.6) is 0 Å². The number of nitrogens with one attached hydrogen (secondary N) is 2. The third-order valence-electron chi connectivity index (χ3n) is 1.79. The van der Waals surface area contributed by atoms with Gasteiger partial charge in [-0.3, -0.25) is 10.1 Å². The van der Waals surface area contributed by atoms with Gasteiger partial charge in [0.2, 0.25) is 0 Å². The second-order valence-corrected chi connectivity index (χ2v) is 4.53. The molecule has 0 radical (unpaired) electrons. The molecule has 1 rings (SSSR count). The Morgan fingerprint density at radius 2 is 2.00 bits per heavy atom. The monoisotopic (exact) mass is 252 g/mol. The van der Waals surface area contributed by atoms with E-state index in [4.69, 9.17) is 10.6 Å². The van der Waals surface area contributed by atoms with E-state index in [9.17, 15) is 9.59 Å². The Hall–Kier alpha value is -2.15. The minimum Gasteiger partial charge on any atom is -0.444 e. The zero-order valence-corrected chi connectivity index (χ0v) is 10.5. The van der Waals surface area contributed by atoms with Crippen LogP contribution in [0.15, 0.2) is 18.3 Å². The van der Waals surface area contributed by atoms with Crippen LogP contribution in [0.4, 0.5) is 10.6 Å². The zero-order chi connectivity index (χ0) is 13.8. The average Bonchev–Trinajstić information content (AvgIpc) is 2.26. The highest BCUT2D eigenvalue weighted by Crippen LogP contribution is 2.07. The van der Waals surface area contributed by atoms with Gasteiger partial charge in [-0.2, -0.15) is 0 Å². The van der Waals surface area contributed by atoms with Gasteiger partial charge in [0.1, 0.15) is 11.4 Å². The van der Waals surface area contributed by atoms with Crippen LogP contribution < -0.4 is 16.6 Å². The molecule has 0 saturated heterocycles. The standard InChI is InChI=1S/C11H16N4O3/c1-11(2,3)18-10(17)14-9(16)7-4-5-8(15-12)13-6-7/h4-6H,12H2,1-3H3,(H,13,15)(H,14,16,17). The molecular weight excluding hydrogens is 236 g/mol. The smallest absolute Gasteiger partial charge is 0.414 e. The summed E-state index contributed by atoms with van der Waals surface area (Å²) in [6.45, 7) is 5.13. The molecule has 0 spiro atoms. The normalized spacial score (nSPS) is 10.7. The molecule has 2 amide bonds. The predicted octanol–water partition coefficient (Wildman–Crippen LogP) is 1.03. The van der Waals surface area contributed by atoms with Crippen molar-refractivity contribution in [1.82, 2.24) is 10.3 Å². The van der Waals surface area contributed by atoms with Crippen LogP contribution in [0, 0.1) is 0 Å². The average molecular weight is 252 g/mol. The van der Waals surface area contributed by atoms with Crippen molar-refractivity contribution in [3.63, 3.8) is 0 Å². The molecule has 7 nitrogen and oxygen atoms in total. The third kappa shape index (κ3) is 4.38. The minimum atomic E-state index is -0.798. The van der Waals surface area contributed by atoms with Gasteiger partial charge in [-0.15, -0.1) is 0 Å². The summed E-state index contributed by atoms with van der Waals surface area (Å²) < 4.78 is 4.95. The van der Waals surface area contributed by atoms with Crippen molar-refractivity contribution in [3.05, 3.63) is 23.9 Å². The molecular formula is C11H16N4O3. The number of nitrogens with two attached hydrogens (primary N) is 1. The molecule has 1 aromatic heterocycles. The Balaban J connectivity index is 2.62.